The van der Waals surface area contributed by atoms with Crippen molar-refractivity contribution < 1.29 is 14.7 Å². The number of amides is 1. The van der Waals surface area contributed by atoms with E-state index in [1.807, 2.05) is 24.3 Å². The fourth-order valence-electron chi connectivity index (χ4n) is 2.35. The van der Waals surface area contributed by atoms with Gasteiger partial charge in [0.1, 0.15) is 0 Å². The Morgan fingerprint density at radius 2 is 1.54 bits per heavy atom. The van der Waals surface area contributed by atoms with Crippen LogP contribution in [0.2, 0.25) is 10.0 Å². The van der Waals surface area contributed by atoms with Crippen LogP contribution in [0.1, 0.15) is 20.7 Å². The van der Waals surface area contributed by atoms with Crippen molar-refractivity contribution in [3.8, 4) is 0 Å². The molecule has 0 fully saturated rings. The zero-order chi connectivity index (χ0) is 17.3. The lowest BCUT2D eigenvalue weighted by molar-refractivity contribution is 0.0698. The van der Waals surface area contributed by atoms with Crippen LogP contribution in [0.3, 0.4) is 0 Å². The highest BCUT2D eigenvalue weighted by atomic mass is 35.5. The highest BCUT2D eigenvalue weighted by Crippen LogP contribution is 2.26. The smallest absolute Gasteiger partial charge is 0.337 e. The van der Waals surface area contributed by atoms with Crippen LogP contribution in [-0.4, -0.2) is 17.0 Å². The molecular formula is C18H11Cl2NO3. The quantitative estimate of drug-likeness (QED) is 0.683. The van der Waals surface area contributed by atoms with Gasteiger partial charge in [0, 0.05) is 5.56 Å². The lowest BCUT2D eigenvalue weighted by Gasteiger charge is -2.11. The van der Waals surface area contributed by atoms with E-state index in [1.54, 1.807) is 6.07 Å². The summed E-state index contributed by atoms with van der Waals surface area (Å²) in [6.07, 6.45) is 0. The van der Waals surface area contributed by atoms with Crippen molar-refractivity contribution in [2.24, 2.45) is 0 Å². The zero-order valence-electron chi connectivity index (χ0n) is 12.2. The van der Waals surface area contributed by atoms with Gasteiger partial charge in [-0.2, -0.15) is 0 Å². The normalized spacial score (nSPS) is 10.6. The van der Waals surface area contributed by atoms with Gasteiger partial charge in [0.25, 0.3) is 5.91 Å². The monoisotopic (exact) mass is 359 g/mol. The van der Waals surface area contributed by atoms with Crippen LogP contribution < -0.4 is 5.32 Å². The third kappa shape index (κ3) is 3.20. The summed E-state index contributed by atoms with van der Waals surface area (Å²) in [5, 5.41) is 14.2. The predicted molar refractivity (Wildman–Crippen MR) is 95.3 cm³/mol. The number of carbonyl (C=O) groups excluding carboxylic acids is 1. The molecule has 0 aromatic heterocycles. The first-order valence-electron chi connectivity index (χ1n) is 6.98. The molecule has 0 aliphatic heterocycles. The number of hydrogen-bond acceptors (Lipinski definition) is 2. The molecule has 0 bridgehead atoms. The largest absolute Gasteiger partial charge is 0.478 e. The molecule has 4 nitrogen and oxygen atoms in total. The first-order chi connectivity index (χ1) is 11.5. The van der Waals surface area contributed by atoms with Crippen molar-refractivity contribution in [3.05, 3.63) is 75.8 Å². The molecule has 0 radical (unpaired) electrons. The molecule has 3 aromatic carbocycles. The zero-order valence-corrected chi connectivity index (χ0v) is 13.7. The van der Waals surface area contributed by atoms with E-state index in [0.717, 1.165) is 10.8 Å². The van der Waals surface area contributed by atoms with Gasteiger partial charge in [-0.15, -0.1) is 0 Å². The van der Waals surface area contributed by atoms with Gasteiger partial charge in [0.15, 0.2) is 0 Å². The first kappa shape index (κ1) is 16.3. The lowest BCUT2D eigenvalue weighted by atomic mass is 10.0. The maximum atomic E-state index is 12.4. The van der Waals surface area contributed by atoms with Crippen molar-refractivity contribution in [2.45, 2.75) is 0 Å². The molecule has 3 aromatic rings. The molecular weight excluding hydrogens is 349 g/mol. The molecule has 2 N–H and O–H groups in total. The molecule has 0 unspecified atom stereocenters. The summed E-state index contributed by atoms with van der Waals surface area (Å²) >= 11 is 11.8. The SMILES string of the molecule is O=C(Nc1cc2ccccc2cc1C(=O)O)c1ccc(Cl)c(Cl)c1. The number of halogens is 2. The topological polar surface area (TPSA) is 66.4 Å². The molecule has 0 aliphatic rings. The van der Waals surface area contributed by atoms with Crippen molar-refractivity contribution >= 4 is 51.5 Å². The van der Waals surface area contributed by atoms with Crippen LogP contribution in [-0.2, 0) is 0 Å². The van der Waals surface area contributed by atoms with Crippen LogP contribution in [0.4, 0.5) is 5.69 Å². The number of carboxylic acids is 1. The molecule has 6 heteroatoms. The van der Waals surface area contributed by atoms with Gasteiger partial charge in [-0.05, 0) is 41.1 Å². The first-order valence-corrected chi connectivity index (χ1v) is 7.74. The van der Waals surface area contributed by atoms with E-state index >= 15 is 0 Å². The van der Waals surface area contributed by atoms with Crippen molar-refractivity contribution in [1.82, 2.24) is 0 Å². The number of carboxylic acid groups (broad SMARTS) is 1. The summed E-state index contributed by atoms with van der Waals surface area (Å²) < 4.78 is 0. The second kappa shape index (κ2) is 6.51. The van der Waals surface area contributed by atoms with Crippen LogP contribution in [0, 0.1) is 0 Å². The highest BCUT2D eigenvalue weighted by Gasteiger charge is 2.15. The summed E-state index contributed by atoms with van der Waals surface area (Å²) in [6, 6.07) is 14.9. The number of benzene rings is 3. The number of aromatic carboxylic acids is 1. The Morgan fingerprint density at radius 3 is 2.17 bits per heavy atom. The summed E-state index contributed by atoms with van der Waals surface area (Å²) in [4.78, 5) is 23.9. The number of hydrogen-bond donors (Lipinski definition) is 2. The van der Waals surface area contributed by atoms with Crippen molar-refractivity contribution in [2.75, 3.05) is 5.32 Å². The van der Waals surface area contributed by atoms with Gasteiger partial charge >= 0.3 is 5.97 Å². The van der Waals surface area contributed by atoms with Crippen LogP contribution in [0.15, 0.2) is 54.6 Å². The van der Waals surface area contributed by atoms with Gasteiger partial charge in [0.05, 0.1) is 21.3 Å². The Balaban J connectivity index is 2.01. The molecule has 0 saturated heterocycles. The third-order valence-corrected chi connectivity index (χ3v) is 4.29. The number of nitrogens with one attached hydrogen (secondary N) is 1. The van der Waals surface area contributed by atoms with Gasteiger partial charge in [-0.1, -0.05) is 47.5 Å². The highest BCUT2D eigenvalue weighted by molar-refractivity contribution is 6.42. The average Bonchev–Trinajstić information content (AvgIpc) is 2.56. The van der Waals surface area contributed by atoms with Crippen LogP contribution in [0.25, 0.3) is 10.8 Å². The second-order valence-electron chi connectivity index (χ2n) is 5.13. The van der Waals surface area contributed by atoms with E-state index in [0.29, 0.717) is 5.02 Å². The standard InChI is InChI=1S/C18H11Cl2NO3/c19-14-6-5-12(8-15(14)20)17(22)21-16-9-11-4-2-1-3-10(11)7-13(16)18(23)24/h1-9H,(H,21,22)(H,23,24). The fraction of sp³-hybridized carbons (Fsp3) is 0. The molecule has 120 valence electrons. The third-order valence-electron chi connectivity index (χ3n) is 3.55. The molecule has 1 amide bonds. The van der Waals surface area contributed by atoms with Gasteiger partial charge < -0.3 is 10.4 Å². The van der Waals surface area contributed by atoms with Gasteiger partial charge in [-0.3, -0.25) is 4.79 Å². The van der Waals surface area contributed by atoms with Crippen molar-refractivity contribution in [3.63, 3.8) is 0 Å². The van der Waals surface area contributed by atoms with E-state index in [4.69, 9.17) is 23.2 Å². The Morgan fingerprint density at radius 1 is 0.875 bits per heavy atom. The number of carbonyl (C=O) groups is 2. The predicted octanol–water partition coefficient (Wildman–Crippen LogP) is 5.10. The Labute approximate surface area is 147 Å². The fourth-order valence-corrected chi connectivity index (χ4v) is 2.65. The number of anilines is 1. The molecule has 3 rings (SSSR count). The maximum absolute atomic E-state index is 12.4. The number of fused-ring (bicyclic) bond motifs is 1. The average molecular weight is 360 g/mol. The van der Waals surface area contributed by atoms with E-state index in [9.17, 15) is 14.7 Å². The number of rotatable bonds is 3. The van der Waals surface area contributed by atoms with E-state index in [2.05, 4.69) is 5.32 Å². The van der Waals surface area contributed by atoms with Gasteiger partial charge in [-0.25, -0.2) is 4.79 Å². The lowest BCUT2D eigenvalue weighted by Crippen LogP contribution is -2.15. The van der Waals surface area contributed by atoms with E-state index in [-0.39, 0.29) is 21.8 Å². The Hall–Kier alpha value is -2.56. The Kier molecular flexibility index (Phi) is 4.42. The summed E-state index contributed by atoms with van der Waals surface area (Å²) in [7, 11) is 0. The van der Waals surface area contributed by atoms with Crippen molar-refractivity contribution in [1.29, 1.82) is 0 Å². The second-order valence-corrected chi connectivity index (χ2v) is 5.95. The minimum Gasteiger partial charge on any atom is -0.478 e. The maximum Gasteiger partial charge on any atom is 0.337 e. The van der Waals surface area contributed by atoms with Crippen LogP contribution in [0.5, 0.6) is 0 Å². The summed E-state index contributed by atoms with van der Waals surface area (Å²) in [6.45, 7) is 0. The summed E-state index contributed by atoms with van der Waals surface area (Å²) in [5.74, 6) is -1.59. The molecule has 0 spiro atoms. The Bertz CT molecular complexity index is 970. The minimum atomic E-state index is -1.12. The molecule has 0 atom stereocenters. The van der Waals surface area contributed by atoms with E-state index < -0.39 is 11.9 Å². The molecule has 24 heavy (non-hydrogen) atoms. The van der Waals surface area contributed by atoms with E-state index in [1.165, 1.54) is 24.3 Å². The van der Waals surface area contributed by atoms with Gasteiger partial charge in [0.2, 0.25) is 0 Å². The molecule has 0 saturated carbocycles. The molecule has 0 aliphatic carbocycles. The summed E-state index contributed by atoms with van der Waals surface area (Å²) in [5.41, 5.74) is 0.522. The molecule has 0 heterocycles. The minimum absolute atomic E-state index is 0.0158. The van der Waals surface area contributed by atoms with Crippen LogP contribution >= 0.6 is 23.2 Å².